The Morgan fingerprint density at radius 2 is 1.64 bits per heavy atom. The van der Waals surface area contributed by atoms with Crippen LogP contribution in [0.25, 0.3) is 11.1 Å². The van der Waals surface area contributed by atoms with E-state index >= 15 is 0 Å². The lowest BCUT2D eigenvalue weighted by Gasteiger charge is -2.15. The van der Waals surface area contributed by atoms with E-state index in [1.165, 1.54) is 24.3 Å². The smallest absolute Gasteiger partial charge is 0.339 e. The van der Waals surface area contributed by atoms with E-state index in [1.807, 2.05) is 0 Å². The van der Waals surface area contributed by atoms with Gasteiger partial charge in [0.25, 0.3) is 0 Å². The second-order valence-electron chi connectivity index (χ2n) is 4.38. The van der Waals surface area contributed by atoms with Crippen molar-refractivity contribution in [1.29, 1.82) is 0 Å². The van der Waals surface area contributed by atoms with Gasteiger partial charge in [0.15, 0.2) is 0 Å². The Balaban J connectivity index is 2.83. The van der Waals surface area contributed by atoms with Crippen molar-refractivity contribution in [1.82, 2.24) is 0 Å². The molecule has 6 N–H and O–H groups in total. The summed E-state index contributed by atoms with van der Waals surface area (Å²) in [5, 5.41) is 18.3. The molecule has 0 spiro atoms. The monoisotopic (exact) mass is 384 g/mol. The maximum Gasteiger partial charge on any atom is 0.339 e. The number of hydrogen-bond acceptors (Lipinski definition) is 4. The summed E-state index contributed by atoms with van der Waals surface area (Å²) in [4.78, 5) is 22.5. The molecule has 0 radical (unpaired) electrons. The van der Waals surface area contributed by atoms with E-state index in [0.717, 1.165) is 0 Å². The quantitative estimate of drug-likeness (QED) is 0.600. The van der Waals surface area contributed by atoms with E-state index in [2.05, 4.69) is 15.9 Å². The van der Waals surface area contributed by atoms with Crippen LogP contribution in [0.3, 0.4) is 0 Å². The number of halogens is 2. The number of carboxylic acids is 2. The molecule has 6 nitrogen and oxygen atoms in total. The highest BCUT2D eigenvalue weighted by molar-refractivity contribution is 9.10. The van der Waals surface area contributed by atoms with Gasteiger partial charge in [-0.15, -0.1) is 0 Å². The first-order valence-electron chi connectivity index (χ1n) is 5.88. The highest BCUT2D eigenvalue weighted by Crippen LogP contribution is 2.41. The van der Waals surface area contributed by atoms with Crippen molar-refractivity contribution in [2.75, 3.05) is 11.5 Å². The molecule has 8 heteroatoms. The van der Waals surface area contributed by atoms with Crippen molar-refractivity contribution < 1.29 is 19.8 Å². The normalized spacial score (nSPS) is 10.5. The lowest BCUT2D eigenvalue weighted by atomic mass is 9.96. The SMILES string of the molecule is Nc1c(-c2c(Br)ccc(C(=O)O)c2N)ccc(Cl)c1C(=O)O. The minimum absolute atomic E-state index is 0.0159. The summed E-state index contributed by atoms with van der Waals surface area (Å²) in [7, 11) is 0. The predicted octanol–water partition coefficient (Wildman–Crippen LogP) is 3.33. The number of hydrogen-bond donors (Lipinski definition) is 4. The van der Waals surface area contributed by atoms with E-state index in [4.69, 9.17) is 28.2 Å². The van der Waals surface area contributed by atoms with Gasteiger partial charge in [-0.1, -0.05) is 33.6 Å². The third-order valence-electron chi connectivity index (χ3n) is 3.10. The van der Waals surface area contributed by atoms with Crippen LogP contribution in [0, 0.1) is 0 Å². The summed E-state index contributed by atoms with van der Waals surface area (Å²) in [5.41, 5.74) is 11.9. The summed E-state index contributed by atoms with van der Waals surface area (Å²) >= 11 is 9.12. The Labute approximate surface area is 138 Å². The number of benzene rings is 2. The van der Waals surface area contributed by atoms with Gasteiger partial charge in [-0.05, 0) is 18.2 Å². The fourth-order valence-corrected chi connectivity index (χ4v) is 2.89. The van der Waals surface area contributed by atoms with Gasteiger partial charge in [-0.25, -0.2) is 9.59 Å². The molecule has 0 aromatic heterocycles. The van der Waals surface area contributed by atoms with Crippen LogP contribution in [0.5, 0.6) is 0 Å². The summed E-state index contributed by atoms with van der Waals surface area (Å²) in [6.07, 6.45) is 0. The molecule has 114 valence electrons. The molecule has 0 bridgehead atoms. The van der Waals surface area contributed by atoms with Gasteiger partial charge in [-0.3, -0.25) is 0 Å². The molecule has 22 heavy (non-hydrogen) atoms. The first-order valence-corrected chi connectivity index (χ1v) is 7.05. The van der Waals surface area contributed by atoms with Crippen molar-refractivity contribution in [2.45, 2.75) is 0 Å². The number of nitrogen functional groups attached to an aromatic ring is 2. The maximum atomic E-state index is 11.3. The average Bonchev–Trinajstić information content (AvgIpc) is 2.40. The number of nitrogens with two attached hydrogens (primary N) is 2. The lowest BCUT2D eigenvalue weighted by Crippen LogP contribution is -2.08. The predicted molar refractivity (Wildman–Crippen MR) is 87.3 cm³/mol. The first-order chi connectivity index (χ1) is 10.3. The molecule has 0 amide bonds. The highest BCUT2D eigenvalue weighted by atomic mass is 79.9. The second kappa shape index (κ2) is 5.86. The molecule has 0 unspecified atom stereocenters. The largest absolute Gasteiger partial charge is 0.478 e. The Kier molecular flexibility index (Phi) is 4.30. The fraction of sp³-hybridized carbons (Fsp3) is 0. The summed E-state index contributed by atoms with van der Waals surface area (Å²) in [5.74, 6) is -2.48. The van der Waals surface area contributed by atoms with E-state index in [1.54, 1.807) is 0 Å². The molecule has 2 rings (SSSR count). The average molecular weight is 386 g/mol. The van der Waals surface area contributed by atoms with Gasteiger partial charge in [0, 0.05) is 15.6 Å². The molecule has 0 heterocycles. The number of carbonyl (C=O) groups is 2. The Hall–Kier alpha value is -2.25. The topological polar surface area (TPSA) is 127 Å². The standard InChI is InChI=1S/C14H10BrClN2O4/c15-7-3-1-6(13(19)20)12(18)9(7)5-2-4-8(16)10(11(5)17)14(21)22/h1-4H,17-18H2,(H,19,20)(H,21,22). The first kappa shape index (κ1) is 16.1. The van der Waals surface area contributed by atoms with E-state index < -0.39 is 11.9 Å². The Morgan fingerprint density at radius 3 is 2.18 bits per heavy atom. The van der Waals surface area contributed by atoms with E-state index in [0.29, 0.717) is 10.0 Å². The van der Waals surface area contributed by atoms with E-state index in [-0.39, 0.29) is 33.1 Å². The Bertz CT molecular complexity index is 808. The number of anilines is 2. The molecule has 0 saturated carbocycles. The van der Waals surface area contributed by atoms with Crippen LogP contribution in [-0.4, -0.2) is 22.2 Å². The zero-order valence-electron chi connectivity index (χ0n) is 10.9. The summed E-state index contributed by atoms with van der Waals surface area (Å²) < 4.78 is 0.486. The van der Waals surface area contributed by atoms with Crippen LogP contribution >= 0.6 is 27.5 Å². The van der Waals surface area contributed by atoms with E-state index in [9.17, 15) is 14.7 Å². The number of rotatable bonds is 3. The molecule has 2 aromatic carbocycles. The molecule has 0 atom stereocenters. The lowest BCUT2D eigenvalue weighted by molar-refractivity contribution is 0.0687. The third kappa shape index (κ3) is 2.60. The van der Waals surface area contributed by atoms with Crippen molar-refractivity contribution >= 4 is 50.8 Å². The van der Waals surface area contributed by atoms with Crippen LogP contribution in [0.15, 0.2) is 28.7 Å². The van der Waals surface area contributed by atoms with Crippen molar-refractivity contribution in [3.05, 3.63) is 44.9 Å². The number of carboxylic acid groups (broad SMARTS) is 2. The van der Waals surface area contributed by atoms with Gasteiger partial charge < -0.3 is 21.7 Å². The highest BCUT2D eigenvalue weighted by Gasteiger charge is 2.22. The van der Waals surface area contributed by atoms with Crippen LogP contribution in [0.1, 0.15) is 20.7 Å². The second-order valence-corrected chi connectivity index (χ2v) is 5.64. The minimum atomic E-state index is -1.28. The number of aromatic carboxylic acids is 2. The van der Waals surface area contributed by atoms with Gasteiger partial charge in [0.05, 0.1) is 22.0 Å². The molecule has 0 saturated heterocycles. The zero-order chi connectivity index (χ0) is 16.6. The van der Waals surface area contributed by atoms with Crippen LogP contribution in [-0.2, 0) is 0 Å². The molecule has 0 aliphatic heterocycles. The van der Waals surface area contributed by atoms with Crippen LogP contribution in [0.4, 0.5) is 11.4 Å². The van der Waals surface area contributed by atoms with Crippen LogP contribution < -0.4 is 11.5 Å². The maximum absolute atomic E-state index is 11.3. The summed E-state index contributed by atoms with van der Waals surface area (Å²) in [6.45, 7) is 0. The van der Waals surface area contributed by atoms with Crippen molar-refractivity contribution in [3.8, 4) is 11.1 Å². The Morgan fingerprint density at radius 1 is 1.00 bits per heavy atom. The van der Waals surface area contributed by atoms with Gasteiger partial charge in [0.2, 0.25) is 0 Å². The molecule has 2 aromatic rings. The minimum Gasteiger partial charge on any atom is -0.478 e. The fourth-order valence-electron chi connectivity index (χ4n) is 2.08. The van der Waals surface area contributed by atoms with Crippen molar-refractivity contribution in [3.63, 3.8) is 0 Å². The molecular weight excluding hydrogens is 376 g/mol. The van der Waals surface area contributed by atoms with Gasteiger partial charge in [-0.2, -0.15) is 0 Å². The van der Waals surface area contributed by atoms with Crippen molar-refractivity contribution in [2.24, 2.45) is 0 Å². The van der Waals surface area contributed by atoms with Gasteiger partial charge >= 0.3 is 11.9 Å². The molecule has 0 aliphatic rings. The molecule has 0 aliphatic carbocycles. The zero-order valence-corrected chi connectivity index (χ0v) is 13.3. The van der Waals surface area contributed by atoms with Gasteiger partial charge in [0.1, 0.15) is 5.56 Å². The molecule has 0 fully saturated rings. The van der Waals surface area contributed by atoms with Crippen LogP contribution in [0.2, 0.25) is 5.02 Å². The third-order valence-corrected chi connectivity index (χ3v) is 4.08. The molecular formula is C14H10BrClN2O4. The summed E-state index contributed by atoms with van der Waals surface area (Å²) in [6, 6.07) is 5.71.